The summed E-state index contributed by atoms with van der Waals surface area (Å²) in [5, 5.41) is 3.98. The molecule has 2 aromatic heterocycles. The number of nitrogens with zero attached hydrogens (tertiary/aromatic N) is 5. The summed E-state index contributed by atoms with van der Waals surface area (Å²) in [6, 6.07) is 6.75. The number of hydrogen-bond acceptors (Lipinski definition) is 6. The molecule has 7 nitrogen and oxygen atoms in total. The molecule has 0 radical (unpaired) electrons. The van der Waals surface area contributed by atoms with E-state index in [1.807, 2.05) is 17.0 Å². The standard InChI is InChI=1S/C22H29N5O2/c28-22(20-13-21(29-24-20)17-5-4-8-23-14-17)27-15-19(16-27)26-11-9-25(10-12-26)18-6-2-1-3-7-18/h4-5,8,13-14,18-19H,1-3,6-7,9-12,15-16H2. The summed E-state index contributed by atoms with van der Waals surface area (Å²) in [6.07, 6.45) is 10.4. The Hall–Kier alpha value is -2.25. The minimum Gasteiger partial charge on any atom is -0.355 e. The van der Waals surface area contributed by atoms with E-state index < -0.39 is 0 Å². The molecule has 0 N–H and O–H groups in total. The molecule has 1 amide bonds. The van der Waals surface area contributed by atoms with E-state index in [2.05, 4.69) is 19.9 Å². The van der Waals surface area contributed by atoms with Crippen LogP contribution in [0.15, 0.2) is 35.1 Å². The Morgan fingerprint density at radius 2 is 1.72 bits per heavy atom. The fraction of sp³-hybridized carbons (Fsp3) is 0.591. The van der Waals surface area contributed by atoms with Crippen LogP contribution in [-0.2, 0) is 0 Å². The Morgan fingerprint density at radius 3 is 2.41 bits per heavy atom. The summed E-state index contributed by atoms with van der Waals surface area (Å²) >= 11 is 0. The topological polar surface area (TPSA) is 65.7 Å². The van der Waals surface area contributed by atoms with Crippen LogP contribution in [0.25, 0.3) is 11.3 Å². The van der Waals surface area contributed by atoms with Gasteiger partial charge in [0.05, 0.1) is 0 Å². The van der Waals surface area contributed by atoms with Gasteiger partial charge in [0.1, 0.15) is 0 Å². The minimum atomic E-state index is -0.0408. The van der Waals surface area contributed by atoms with Gasteiger partial charge in [-0.3, -0.25) is 19.6 Å². The van der Waals surface area contributed by atoms with Crippen molar-refractivity contribution >= 4 is 5.91 Å². The van der Waals surface area contributed by atoms with E-state index >= 15 is 0 Å². The highest BCUT2D eigenvalue weighted by Gasteiger charge is 2.38. The summed E-state index contributed by atoms with van der Waals surface area (Å²) in [5.74, 6) is 0.540. The SMILES string of the molecule is O=C(c1cc(-c2cccnc2)on1)N1CC(N2CCN(C3CCCCC3)CC2)C1. The van der Waals surface area contributed by atoms with E-state index in [-0.39, 0.29) is 5.91 Å². The molecule has 3 aliphatic rings. The lowest BCUT2D eigenvalue weighted by atomic mass is 9.93. The van der Waals surface area contributed by atoms with Gasteiger partial charge in [0.2, 0.25) is 0 Å². The average molecular weight is 396 g/mol. The molecule has 7 heteroatoms. The molecule has 0 spiro atoms. The molecule has 2 aromatic rings. The highest BCUT2D eigenvalue weighted by molar-refractivity contribution is 5.93. The van der Waals surface area contributed by atoms with Crippen molar-refractivity contribution < 1.29 is 9.32 Å². The van der Waals surface area contributed by atoms with Crippen LogP contribution in [0.1, 0.15) is 42.6 Å². The van der Waals surface area contributed by atoms with Crippen LogP contribution in [0, 0.1) is 0 Å². The Kier molecular flexibility index (Phi) is 5.33. The number of likely N-dealkylation sites (tertiary alicyclic amines) is 1. The van der Waals surface area contributed by atoms with Crippen LogP contribution in [0.5, 0.6) is 0 Å². The Balaban J connectivity index is 1.11. The molecule has 4 heterocycles. The maximum absolute atomic E-state index is 12.7. The van der Waals surface area contributed by atoms with Gasteiger partial charge in [0, 0.05) is 75.4 Å². The summed E-state index contributed by atoms with van der Waals surface area (Å²) in [7, 11) is 0. The molecular weight excluding hydrogens is 366 g/mol. The first-order chi connectivity index (χ1) is 14.3. The fourth-order valence-electron chi connectivity index (χ4n) is 4.95. The van der Waals surface area contributed by atoms with Crippen LogP contribution in [-0.4, -0.2) is 82.1 Å². The largest absolute Gasteiger partial charge is 0.355 e. The molecule has 2 aliphatic heterocycles. The van der Waals surface area contributed by atoms with E-state index in [1.54, 1.807) is 18.5 Å². The molecule has 0 bridgehead atoms. The summed E-state index contributed by atoms with van der Waals surface area (Å²) in [5.41, 5.74) is 1.21. The van der Waals surface area contributed by atoms with Gasteiger partial charge in [-0.1, -0.05) is 24.4 Å². The number of piperazine rings is 1. The Morgan fingerprint density at radius 1 is 1.00 bits per heavy atom. The number of hydrogen-bond donors (Lipinski definition) is 0. The first kappa shape index (κ1) is 18.8. The number of carbonyl (C=O) groups excluding carboxylic acids is 1. The number of pyridine rings is 1. The molecule has 29 heavy (non-hydrogen) atoms. The predicted molar refractivity (Wildman–Crippen MR) is 109 cm³/mol. The van der Waals surface area contributed by atoms with Gasteiger partial charge in [-0.25, -0.2) is 0 Å². The summed E-state index contributed by atoms with van der Waals surface area (Å²) < 4.78 is 5.35. The molecule has 0 atom stereocenters. The van der Waals surface area contributed by atoms with E-state index in [1.165, 1.54) is 45.2 Å². The van der Waals surface area contributed by atoms with Crippen LogP contribution in [0.4, 0.5) is 0 Å². The van der Waals surface area contributed by atoms with Crippen molar-refractivity contribution in [2.75, 3.05) is 39.3 Å². The quantitative estimate of drug-likeness (QED) is 0.793. The smallest absolute Gasteiger partial charge is 0.276 e. The predicted octanol–water partition coefficient (Wildman–Crippen LogP) is 2.51. The van der Waals surface area contributed by atoms with Gasteiger partial charge in [0.25, 0.3) is 5.91 Å². The molecule has 1 aliphatic carbocycles. The van der Waals surface area contributed by atoms with E-state index in [0.29, 0.717) is 17.5 Å². The van der Waals surface area contributed by atoms with Crippen LogP contribution in [0.2, 0.25) is 0 Å². The van der Waals surface area contributed by atoms with Crippen molar-refractivity contribution in [3.05, 3.63) is 36.3 Å². The van der Waals surface area contributed by atoms with Crippen molar-refractivity contribution in [1.29, 1.82) is 0 Å². The van der Waals surface area contributed by atoms with Crippen LogP contribution in [0.3, 0.4) is 0 Å². The molecule has 154 valence electrons. The second kappa shape index (κ2) is 8.24. The first-order valence-corrected chi connectivity index (χ1v) is 10.9. The lowest BCUT2D eigenvalue weighted by molar-refractivity contribution is -0.00302. The highest BCUT2D eigenvalue weighted by Crippen LogP contribution is 2.26. The molecule has 2 saturated heterocycles. The van der Waals surface area contributed by atoms with Gasteiger partial charge < -0.3 is 9.42 Å². The summed E-state index contributed by atoms with van der Waals surface area (Å²) in [6.45, 7) is 6.17. The van der Waals surface area contributed by atoms with Crippen molar-refractivity contribution in [3.63, 3.8) is 0 Å². The van der Waals surface area contributed by atoms with Crippen LogP contribution < -0.4 is 0 Å². The fourth-order valence-corrected chi connectivity index (χ4v) is 4.95. The number of carbonyl (C=O) groups is 1. The van der Waals surface area contributed by atoms with Gasteiger partial charge in [-0.2, -0.15) is 0 Å². The number of rotatable bonds is 4. The lowest BCUT2D eigenvalue weighted by Crippen LogP contribution is -2.64. The zero-order valence-electron chi connectivity index (χ0n) is 16.9. The lowest BCUT2D eigenvalue weighted by Gasteiger charge is -2.49. The normalized spacial score (nSPS) is 22.6. The molecular formula is C22H29N5O2. The molecule has 0 aromatic carbocycles. The van der Waals surface area contributed by atoms with Crippen molar-refractivity contribution in [2.24, 2.45) is 0 Å². The summed E-state index contributed by atoms with van der Waals surface area (Å²) in [4.78, 5) is 23.9. The van der Waals surface area contributed by atoms with Gasteiger partial charge in [-0.15, -0.1) is 0 Å². The second-order valence-electron chi connectivity index (χ2n) is 8.55. The second-order valence-corrected chi connectivity index (χ2v) is 8.55. The maximum Gasteiger partial charge on any atom is 0.276 e. The average Bonchev–Trinajstić information content (AvgIpc) is 3.25. The third kappa shape index (κ3) is 3.94. The van der Waals surface area contributed by atoms with Crippen LogP contribution >= 0.6 is 0 Å². The molecule has 1 saturated carbocycles. The minimum absolute atomic E-state index is 0.0408. The first-order valence-electron chi connectivity index (χ1n) is 10.9. The Labute approximate surface area is 171 Å². The zero-order valence-corrected chi connectivity index (χ0v) is 16.9. The molecule has 0 unspecified atom stereocenters. The number of aromatic nitrogens is 2. The van der Waals surface area contributed by atoms with Crippen molar-refractivity contribution in [3.8, 4) is 11.3 Å². The third-order valence-electron chi connectivity index (χ3n) is 6.78. The maximum atomic E-state index is 12.7. The van der Waals surface area contributed by atoms with E-state index in [0.717, 1.165) is 37.8 Å². The van der Waals surface area contributed by atoms with Crippen molar-refractivity contribution in [2.45, 2.75) is 44.2 Å². The van der Waals surface area contributed by atoms with Gasteiger partial charge in [0.15, 0.2) is 11.5 Å². The number of amides is 1. The Bertz CT molecular complexity index is 819. The third-order valence-corrected chi connectivity index (χ3v) is 6.78. The molecule has 5 rings (SSSR count). The zero-order chi connectivity index (χ0) is 19.6. The van der Waals surface area contributed by atoms with Crippen molar-refractivity contribution in [1.82, 2.24) is 24.8 Å². The molecule has 3 fully saturated rings. The highest BCUT2D eigenvalue weighted by atomic mass is 16.5. The monoisotopic (exact) mass is 395 g/mol. The van der Waals surface area contributed by atoms with Gasteiger partial charge in [-0.05, 0) is 25.0 Å². The van der Waals surface area contributed by atoms with E-state index in [4.69, 9.17) is 4.52 Å². The van der Waals surface area contributed by atoms with E-state index in [9.17, 15) is 4.79 Å². The van der Waals surface area contributed by atoms with Gasteiger partial charge >= 0.3 is 0 Å².